The van der Waals surface area contributed by atoms with Gasteiger partial charge >= 0.3 is 0 Å². The molecule has 0 aliphatic heterocycles. The lowest BCUT2D eigenvalue weighted by molar-refractivity contribution is 0.471. The van der Waals surface area contributed by atoms with Gasteiger partial charge in [0.05, 0.1) is 0 Å². The molecule has 0 radical (unpaired) electrons. The highest BCUT2D eigenvalue weighted by Gasteiger charge is 2.29. The smallest absolute Gasteiger partial charge is 0.0443 e. The van der Waals surface area contributed by atoms with Gasteiger partial charge < -0.3 is 5.32 Å². The van der Waals surface area contributed by atoms with E-state index in [1.54, 1.807) is 5.56 Å². The molecule has 0 spiro atoms. The number of thioether (sulfide) groups is 1. The van der Waals surface area contributed by atoms with Crippen LogP contribution in [0.4, 0.5) is 0 Å². The van der Waals surface area contributed by atoms with Gasteiger partial charge in [-0.05, 0) is 42.2 Å². The monoisotopic (exact) mass is 263 g/mol. The topological polar surface area (TPSA) is 12.0 Å². The molecule has 2 atom stereocenters. The van der Waals surface area contributed by atoms with E-state index < -0.39 is 0 Å². The van der Waals surface area contributed by atoms with E-state index in [9.17, 15) is 0 Å². The summed E-state index contributed by atoms with van der Waals surface area (Å²) in [6.45, 7) is 7.98. The van der Waals surface area contributed by atoms with Crippen molar-refractivity contribution >= 4 is 11.8 Å². The van der Waals surface area contributed by atoms with Crippen molar-refractivity contribution in [1.29, 1.82) is 0 Å². The van der Waals surface area contributed by atoms with Crippen LogP contribution in [0.25, 0.3) is 0 Å². The van der Waals surface area contributed by atoms with E-state index in [4.69, 9.17) is 0 Å². The molecule has 0 saturated heterocycles. The maximum atomic E-state index is 3.76. The SMILES string of the molecule is CCCNC1c2ccccc2CCC1SC(C)C. The highest BCUT2D eigenvalue weighted by atomic mass is 32.2. The summed E-state index contributed by atoms with van der Waals surface area (Å²) < 4.78 is 0. The number of hydrogen-bond donors (Lipinski definition) is 1. The molecule has 1 N–H and O–H groups in total. The fourth-order valence-electron chi connectivity index (χ4n) is 2.77. The predicted octanol–water partition coefficient (Wildman–Crippen LogP) is 4.18. The van der Waals surface area contributed by atoms with Crippen LogP contribution >= 0.6 is 11.8 Å². The lowest BCUT2D eigenvalue weighted by Gasteiger charge is -2.35. The molecule has 0 heterocycles. The van der Waals surface area contributed by atoms with Gasteiger partial charge in [-0.2, -0.15) is 11.8 Å². The molecular weight excluding hydrogens is 238 g/mol. The molecule has 0 aromatic heterocycles. The number of benzene rings is 1. The van der Waals surface area contributed by atoms with Gasteiger partial charge in [-0.25, -0.2) is 0 Å². The Morgan fingerprint density at radius 1 is 1.33 bits per heavy atom. The number of aryl methyl sites for hydroxylation is 1. The minimum Gasteiger partial charge on any atom is -0.309 e. The third kappa shape index (κ3) is 3.30. The van der Waals surface area contributed by atoms with Crippen LogP contribution in [0.2, 0.25) is 0 Å². The molecular formula is C16H25NS. The first kappa shape index (κ1) is 14.0. The first-order valence-electron chi connectivity index (χ1n) is 7.19. The minimum atomic E-state index is 0.544. The van der Waals surface area contributed by atoms with Crippen molar-refractivity contribution in [3.05, 3.63) is 35.4 Å². The zero-order valence-corrected chi connectivity index (χ0v) is 12.6. The Morgan fingerprint density at radius 3 is 2.83 bits per heavy atom. The first-order chi connectivity index (χ1) is 8.72. The highest BCUT2D eigenvalue weighted by Crippen LogP contribution is 2.38. The van der Waals surface area contributed by atoms with Crippen molar-refractivity contribution in [1.82, 2.24) is 5.32 Å². The Kier molecular flexibility index (Phi) is 5.13. The van der Waals surface area contributed by atoms with Crippen LogP contribution in [0.3, 0.4) is 0 Å². The van der Waals surface area contributed by atoms with Gasteiger partial charge in [0, 0.05) is 11.3 Å². The second-order valence-electron chi connectivity index (χ2n) is 5.39. The summed E-state index contributed by atoms with van der Waals surface area (Å²) >= 11 is 2.14. The average molecular weight is 263 g/mol. The van der Waals surface area contributed by atoms with Gasteiger partial charge in [0.25, 0.3) is 0 Å². The molecule has 0 saturated carbocycles. The quantitative estimate of drug-likeness (QED) is 0.855. The summed E-state index contributed by atoms with van der Waals surface area (Å²) in [6.07, 6.45) is 3.75. The Morgan fingerprint density at radius 2 is 2.11 bits per heavy atom. The van der Waals surface area contributed by atoms with Gasteiger partial charge in [-0.1, -0.05) is 45.0 Å². The highest BCUT2D eigenvalue weighted by molar-refractivity contribution is 8.00. The van der Waals surface area contributed by atoms with Crippen molar-refractivity contribution in [2.75, 3.05) is 6.54 Å². The van der Waals surface area contributed by atoms with E-state index in [1.165, 1.54) is 24.8 Å². The fraction of sp³-hybridized carbons (Fsp3) is 0.625. The maximum Gasteiger partial charge on any atom is 0.0443 e. The lowest BCUT2D eigenvalue weighted by Crippen LogP contribution is -2.35. The zero-order chi connectivity index (χ0) is 13.0. The van der Waals surface area contributed by atoms with E-state index >= 15 is 0 Å². The van der Waals surface area contributed by atoms with E-state index in [0.29, 0.717) is 11.3 Å². The third-order valence-corrected chi connectivity index (χ3v) is 4.92. The lowest BCUT2D eigenvalue weighted by atomic mass is 9.87. The van der Waals surface area contributed by atoms with Gasteiger partial charge in [-0.3, -0.25) is 0 Å². The molecule has 2 heteroatoms. The van der Waals surface area contributed by atoms with E-state index in [0.717, 1.165) is 11.8 Å². The summed E-state index contributed by atoms with van der Waals surface area (Å²) in [7, 11) is 0. The van der Waals surface area contributed by atoms with Gasteiger partial charge in [-0.15, -0.1) is 0 Å². The summed E-state index contributed by atoms with van der Waals surface area (Å²) in [5, 5.41) is 5.20. The first-order valence-corrected chi connectivity index (χ1v) is 8.13. The second kappa shape index (κ2) is 6.63. The average Bonchev–Trinajstić information content (AvgIpc) is 2.37. The Labute approximate surface area is 116 Å². The van der Waals surface area contributed by atoms with Crippen LogP contribution in [-0.4, -0.2) is 17.0 Å². The number of nitrogens with one attached hydrogen (secondary N) is 1. The van der Waals surface area contributed by atoms with Crippen LogP contribution in [0.1, 0.15) is 50.8 Å². The maximum absolute atomic E-state index is 3.76. The number of rotatable bonds is 5. The van der Waals surface area contributed by atoms with E-state index in [-0.39, 0.29) is 0 Å². The molecule has 0 amide bonds. The molecule has 2 rings (SSSR count). The van der Waals surface area contributed by atoms with Crippen LogP contribution < -0.4 is 5.32 Å². The van der Waals surface area contributed by atoms with E-state index in [2.05, 4.69) is 62.1 Å². The van der Waals surface area contributed by atoms with E-state index in [1.807, 2.05) is 0 Å². The summed E-state index contributed by atoms with van der Waals surface area (Å²) in [6, 6.07) is 9.51. The van der Waals surface area contributed by atoms with Crippen LogP contribution in [0.15, 0.2) is 24.3 Å². The molecule has 100 valence electrons. The van der Waals surface area contributed by atoms with Crippen molar-refractivity contribution in [2.45, 2.75) is 56.6 Å². The van der Waals surface area contributed by atoms with Crippen molar-refractivity contribution in [2.24, 2.45) is 0 Å². The summed E-state index contributed by atoms with van der Waals surface area (Å²) in [5.74, 6) is 0. The molecule has 18 heavy (non-hydrogen) atoms. The zero-order valence-electron chi connectivity index (χ0n) is 11.8. The van der Waals surface area contributed by atoms with Gasteiger partial charge in [0.15, 0.2) is 0 Å². The minimum absolute atomic E-state index is 0.544. The molecule has 0 fully saturated rings. The van der Waals surface area contributed by atoms with Crippen LogP contribution in [0, 0.1) is 0 Å². The Hall–Kier alpha value is -0.470. The third-order valence-electron chi connectivity index (χ3n) is 3.52. The van der Waals surface area contributed by atoms with Gasteiger partial charge in [0.1, 0.15) is 0 Å². The predicted molar refractivity (Wildman–Crippen MR) is 82.3 cm³/mol. The molecule has 1 aromatic carbocycles. The number of fused-ring (bicyclic) bond motifs is 1. The largest absolute Gasteiger partial charge is 0.309 e. The number of hydrogen-bond acceptors (Lipinski definition) is 2. The van der Waals surface area contributed by atoms with Crippen molar-refractivity contribution in [3.8, 4) is 0 Å². The summed E-state index contributed by atoms with van der Waals surface area (Å²) in [4.78, 5) is 0. The Bertz CT molecular complexity index is 375. The van der Waals surface area contributed by atoms with Crippen molar-refractivity contribution in [3.63, 3.8) is 0 Å². The fourth-order valence-corrected chi connectivity index (χ4v) is 4.12. The molecule has 0 bridgehead atoms. The van der Waals surface area contributed by atoms with Crippen LogP contribution in [0.5, 0.6) is 0 Å². The Balaban J connectivity index is 2.19. The van der Waals surface area contributed by atoms with Crippen LogP contribution in [-0.2, 0) is 6.42 Å². The standard InChI is InChI=1S/C16H25NS/c1-4-11-17-16-14-8-6-5-7-13(14)9-10-15(16)18-12(2)3/h5-8,12,15-17H,4,9-11H2,1-3H3. The van der Waals surface area contributed by atoms with Crippen molar-refractivity contribution < 1.29 is 0 Å². The molecule has 1 aliphatic carbocycles. The molecule has 1 aromatic rings. The molecule has 1 nitrogen and oxygen atoms in total. The second-order valence-corrected chi connectivity index (χ2v) is 7.21. The molecule has 1 aliphatic rings. The molecule has 2 unspecified atom stereocenters. The normalized spacial score (nSPS) is 23.1. The summed E-state index contributed by atoms with van der Waals surface area (Å²) in [5.41, 5.74) is 3.09. The van der Waals surface area contributed by atoms with Gasteiger partial charge in [0.2, 0.25) is 0 Å².